The van der Waals surface area contributed by atoms with E-state index in [0.717, 1.165) is 25.3 Å². The van der Waals surface area contributed by atoms with E-state index >= 15 is 0 Å². The van der Waals surface area contributed by atoms with Crippen molar-refractivity contribution in [2.75, 3.05) is 33.2 Å². The minimum absolute atomic E-state index is 0.0102. The highest BCUT2D eigenvalue weighted by molar-refractivity contribution is 6.00. The summed E-state index contributed by atoms with van der Waals surface area (Å²) in [5.41, 5.74) is 0.143. The molecular formula is C32H47N5O5. The number of amides is 3. The van der Waals surface area contributed by atoms with Gasteiger partial charge < -0.3 is 29.2 Å². The summed E-state index contributed by atoms with van der Waals surface area (Å²) >= 11 is 0. The summed E-state index contributed by atoms with van der Waals surface area (Å²) < 4.78 is 11.8. The summed E-state index contributed by atoms with van der Waals surface area (Å²) in [5.74, 6) is 1.10. The SMILES string of the molecule is CC(C)C[C@@H](NC(=O)c1ccccc1OCc1ncc(C(C)(C)C)o1)C(=O)N1CCC[C@@H]1C(=O)N1CCN(C)C[C@H]1C. The van der Waals surface area contributed by atoms with Crippen molar-refractivity contribution in [3.8, 4) is 5.75 Å². The first-order valence-electron chi connectivity index (χ1n) is 15.1. The summed E-state index contributed by atoms with van der Waals surface area (Å²) in [6.07, 6.45) is 3.56. The van der Waals surface area contributed by atoms with E-state index in [4.69, 9.17) is 9.15 Å². The average molecular weight is 582 g/mol. The lowest BCUT2D eigenvalue weighted by atomic mass is 9.94. The molecule has 2 aromatic rings. The zero-order valence-corrected chi connectivity index (χ0v) is 26.2. The first-order chi connectivity index (χ1) is 19.8. The van der Waals surface area contributed by atoms with Crippen LogP contribution in [0.4, 0.5) is 0 Å². The summed E-state index contributed by atoms with van der Waals surface area (Å²) in [7, 11) is 2.06. The van der Waals surface area contributed by atoms with Crippen molar-refractivity contribution in [2.24, 2.45) is 5.92 Å². The molecule has 0 spiro atoms. The van der Waals surface area contributed by atoms with Crippen LogP contribution in [0.2, 0.25) is 0 Å². The molecular weight excluding hydrogens is 534 g/mol. The molecule has 3 atom stereocenters. The highest BCUT2D eigenvalue weighted by atomic mass is 16.5. The molecule has 2 saturated heterocycles. The topological polar surface area (TPSA) is 108 Å². The molecule has 0 unspecified atom stereocenters. The largest absolute Gasteiger partial charge is 0.483 e. The van der Waals surface area contributed by atoms with Gasteiger partial charge in [0.25, 0.3) is 5.91 Å². The van der Waals surface area contributed by atoms with Crippen LogP contribution < -0.4 is 10.1 Å². The van der Waals surface area contributed by atoms with Crippen LogP contribution in [-0.4, -0.2) is 88.8 Å². The third-order valence-electron chi connectivity index (χ3n) is 8.02. The summed E-state index contributed by atoms with van der Waals surface area (Å²) in [5, 5.41) is 2.98. The number of likely N-dealkylation sites (N-methyl/N-ethyl adjacent to an activating group) is 1. The van der Waals surface area contributed by atoms with Crippen LogP contribution in [0.25, 0.3) is 0 Å². The zero-order valence-electron chi connectivity index (χ0n) is 26.2. The molecule has 1 aromatic carbocycles. The Hall–Kier alpha value is -3.40. The molecule has 0 bridgehead atoms. The normalized spacial score (nSPS) is 20.6. The Balaban J connectivity index is 1.46. The van der Waals surface area contributed by atoms with Gasteiger partial charge in [-0.25, -0.2) is 4.98 Å². The molecule has 1 N–H and O–H groups in total. The number of carbonyl (C=O) groups excluding carboxylic acids is 3. The van der Waals surface area contributed by atoms with E-state index in [1.807, 2.05) is 39.5 Å². The molecule has 230 valence electrons. The smallest absolute Gasteiger partial charge is 0.255 e. The van der Waals surface area contributed by atoms with Crippen LogP contribution in [-0.2, 0) is 21.6 Å². The number of likely N-dealkylation sites (tertiary alicyclic amines) is 1. The molecule has 10 heteroatoms. The Morgan fingerprint density at radius 3 is 2.52 bits per heavy atom. The Morgan fingerprint density at radius 2 is 1.86 bits per heavy atom. The van der Waals surface area contributed by atoms with E-state index in [1.54, 1.807) is 35.4 Å². The van der Waals surface area contributed by atoms with Crippen molar-refractivity contribution in [3.63, 3.8) is 0 Å². The molecule has 3 heterocycles. The van der Waals surface area contributed by atoms with Crippen molar-refractivity contribution in [1.82, 2.24) is 25.0 Å². The average Bonchev–Trinajstić information content (AvgIpc) is 3.61. The van der Waals surface area contributed by atoms with E-state index in [-0.39, 0.29) is 35.8 Å². The number of aromatic nitrogens is 1. The molecule has 4 rings (SSSR count). The fraction of sp³-hybridized carbons (Fsp3) is 0.625. The molecule has 0 radical (unpaired) electrons. The lowest BCUT2D eigenvalue weighted by molar-refractivity contribution is -0.147. The number of oxazole rings is 1. The standard InChI is InChI=1S/C32H47N5O5/c1-21(2)17-24(30(39)37-14-10-12-25(37)31(40)36-16-15-35(7)19-22(36)3)34-29(38)23-11-8-9-13-26(23)41-20-28-33-18-27(42-28)32(4,5)6/h8-9,11,13,18,21-22,24-25H,10,12,14-17,19-20H2,1-7H3,(H,34,38)/t22-,24-,25-/m1/s1. The minimum Gasteiger partial charge on any atom is -0.483 e. The Kier molecular flexibility index (Phi) is 9.97. The van der Waals surface area contributed by atoms with E-state index < -0.39 is 18.0 Å². The Bertz CT molecular complexity index is 1250. The molecule has 3 amide bonds. The van der Waals surface area contributed by atoms with Gasteiger partial charge in [-0.3, -0.25) is 14.4 Å². The van der Waals surface area contributed by atoms with E-state index in [1.165, 1.54) is 0 Å². The lowest BCUT2D eigenvalue weighted by Crippen LogP contribution is -2.59. The number of carbonyl (C=O) groups is 3. The second-order valence-electron chi connectivity index (χ2n) is 13.1. The van der Waals surface area contributed by atoms with Crippen molar-refractivity contribution in [3.05, 3.63) is 47.7 Å². The number of nitrogens with one attached hydrogen (secondary N) is 1. The fourth-order valence-electron chi connectivity index (χ4n) is 5.72. The summed E-state index contributed by atoms with van der Waals surface area (Å²) in [6, 6.07) is 5.78. The number of hydrogen-bond acceptors (Lipinski definition) is 7. The predicted molar refractivity (Wildman–Crippen MR) is 160 cm³/mol. The first kappa shape index (κ1) is 31.5. The van der Waals surface area contributed by atoms with Crippen molar-refractivity contribution in [1.29, 1.82) is 0 Å². The van der Waals surface area contributed by atoms with Crippen molar-refractivity contribution >= 4 is 17.7 Å². The predicted octanol–water partition coefficient (Wildman–Crippen LogP) is 3.85. The summed E-state index contributed by atoms with van der Waals surface area (Å²) in [4.78, 5) is 51.3. The van der Waals surface area contributed by atoms with Gasteiger partial charge in [-0.05, 0) is 51.3 Å². The monoisotopic (exact) mass is 581 g/mol. The second-order valence-corrected chi connectivity index (χ2v) is 13.1. The van der Waals surface area contributed by atoms with Crippen LogP contribution >= 0.6 is 0 Å². The van der Waals surface area contributed by atoms with Gasteiger partial charge >= 0.3 is 0 Å². The first-order valence-corrected chi connectivity index (χ1v) is 15.1. The van der Waals surface area contributed by atoms with Crippen LogP contribution in [0.5, 0.6) is 5.75 Å². The lowest BCUT2D eigenvalue weighted by Gasteiger charge is -2.41. The third-order valence-corrected chi connectivity index (χ3v) is 8.02. The maximum absolute atomic E-state index is 13.9. The third kappa shape index (κ3) is 7.51. The molecule has 0 saturated carbocycles. The van der Waals surface area contributed by atoms with Crippen molar-refractivity contribution < 1.29 is 23.5 Å². The van der Waals surface area contributed by atoms with E-state index in [2.05, 4.69) is 29.2 Å². The number of para-hydroxylation sites is 1. The minimum atomic E-state index is -0.759. The van der Waals surface area contributed by atoms with E-state index in [9.17, 15) is 14.4 Å². The zero-order chi connectivity index (χ0) is 30.6. The fourth-order valence-corrected chi connectivity index (χ4v) is 5.72. The van der Waals surface area contributed by atoms with Gasteiger partial charge in [0, 0.05) is 37.6 Å². The maximum atomic E-state index is 13.9. The van der Waals surface area contributed by atoms with Gasteiger partial charge in [-0.1, -0.05) is 46.8 Å². The van der Waals surface area contributed by atoms with Gasteiger partial charge in [0.15, 0.2) is 6.61 Å². The van der Waals surface area contributed by atoms with Gasteiger partial charge in [-0.2, -0.15) is 0 Å². The van der Waals surface area contributed by atoms with Gasteiger partial charge in [0.2, 0.25) is 17.7 Å². The number of nitrogens with zero attached hydrogens (tertiary/aromatic N) is 4. The number of ether oxygens (including phenoxy) is 1. The number of hydrogen-bond donors (Lipinski definition) is 1. The van der Waals surface area contributed by atoms with Crippen LogP contribution in [0, 0.1) is 5.92 Å². The van der Waals surface area contributed by atoms with Gasteiger partial charge in [0.05, 0.1) is 11.8 Å². The number of piperazine rings is 1. The molecule has 2 fully saturated rings. The highest BCUT2D eigenvalue weighted by Gasteiger charge is 2.41. The molecule has 1 aromatic heterocycles. The molecule has 2 aliphatic rings. The van der Waals surface area contributed by atoms with Gasteiger partial charge in [-0.15, -0.1) is 0 Å². The number of rotatable bonds is 9. The van der Waals surface area contributed by atoms with E-state index in [0.29, 0.717) is 43.1 Å². The second kappa shape index (κ2) is 13.3. The maximum Gasteiger partial charge on any atom is 0.255 e. The van der Waals surface area contributed by atoms with Gasteiger partial charge in [0.1, 0.15) is 23.6 Å². The molecule has 0 aliphatic carbocycles. The summed E-state index contributed by atoms with van der Waals surface area (Å²) in [6.45, 7) is 15.1. The Morgan fingerprint density at radius 1 is 1.12 bits per heavy atom. The number of benzene rings is 1. The van der Waals surface area contributed by atoms with Crippen molar-refractivity contribution in [2.45, 2.75) is 91.0 Å². The van der Waals surface area contributed by atoms with Crippen LogP contribution in [0.15, 0.2) is 34.9 Å². The highest BCUT2D eigenvalue weighted by Crippen LogP contribution is 2.26. The molecule has 42 heavy (non-hydrogen) atoms. The van der Waals surface area contributed by atoms with Crippen LogP contribution in [0.1, 0.15) is 82.8 Å². The Labute approximate surface area is 249 Å². The molecule has 10 nitrogen and oxygen atoms in total. The molecule has 2 aliphatic heterocycles. The quantitative estimate of drug-likeness (QED) is 0.479. The van der Waals surface area contributed by atoms with Crippen LogP contribution in [0.3, 0.4) is 0 Å².